The van der Waals surface area contributed by atoms with E-state index in [1.165, 1.54) is 17.5 Å². The number of nitrogens with zero attached hydrogens (tertiary/aromatic N) is 5. The van der Waals surface area contributed by atoms with Crippen molar-refractivity contribution in [3.05, 3.63) is 108 Å². The van der Waals surface area contributed by atoms with Crippen molar-refractivity contribution in [2.24, 2.45) is 12.2 Å². The molecule has 12 heteroatoms. The molecule has 0 bridgehead atoms. The molecule has 0 saturated carbocycles. The van der Waals surface area contributed by atoms with Crippen LogP contribution in [0, 0.1) is 0 Å². The van der Waals surface area contributed by atoms with Gasteiger partial charge in [-0.3, -0.25) is 14.6 Å². The second kappa shape index (κ2) is 12.7. The van der Waals surface area contributed by atoms with Crippen molar-refractivity contribution >= 4 is 39.1 Å². The van der Waals surface area contributed by atoms with Crippen LogP contribution in [0.3, 0.4) is 0 Å². The maximum Gasteiger partial charge on any atom is 0.257 e. The summed E-state index contributed by atoms with van der Waals surface area (Å²) >= 11 is 7.18. The largest absolute Gasteiger partial charge is 0.387 e. The van der Waals surface area contributed by atoms with Crippen LogP contribution < -0.4 is 16.1 Å². The number of carbonyl (C=O) groups is 1. The molecule has 0 aliphatic carbocycles. The first kappa shape index (κ1) is 27.3. The number of aliphatic hydroxyl groups excluding tert-OH is 1. The van der Waals surface area contributed by atoms with Gasteiger partial charge in [0.2, 0.25) is 5.43 Å². The third-order valence-corrected chi connectivity index (χ3v) is 7.47. The van der Waals surface area contributed by atoms with Crippen LogP contribution in [0.15, 0.2) is 64.8 Å². The molecule has 0 aliphatic rings. The van der Waals surface area contributed by atoms with Crippen LogP contribution in [0.5, 0.6) is 0 Å². The monoisotopic (exact) mass is 551 g/mol. The number of thiophene rings is 1. The summed E-state index contributed by atoms with van der Waals surface area (Å²) in [7, 11) is 1.75. The van der Waals surface area contributed by atoms with E-state index in [2.05, 4.69) is 25.6 Å². The molecule has 3 N–H and O–H groups in total. The Morgan fingerprint density at radius 2 is 2.05 bits per heavy atom. The number of aryl methyl sites for hydroxylation is 1. The van der Waals surface area contributed by atoms with Crippen LogP contribution >= 0.6 is 22.9 Å². The Morgan fingerprint density at radius 1 is 1.26 bits per heavy atom. The first-order chi connectivity index (χ1) is 18.4. The van der Waals surface area contributed by atoms with Gasteiger partial charge in [0.25, 0.3) is 5.91 Å². The van der Waals surface area contributed by atoms with E-state index in [-0.39, 0.29) is 24.1 Å². The van der Waals surface area contributed by atoms with Gasteiger partial charge in [-0.15, -0.1) is 11.3 Å². The van der Waals surface area contributed by atoms with Crippen molar-refractivity contribution < 1.29 is 9.90 Å². The van der Waals surface area contributed by atoms with E-state index in [1.807, 2.05) is 6.07 Å². The van der Waals surface area contributed by atoms with Crippen LogP contribution in [0.25, 0.3) is 20.7 Å². The highest BCUT2D eigenvalue weighted by Gasteiger charge is 2.21. The SMILES string of the molecule is Cn1cc(C(=O)NCc2ccc(Cl)cc2)c(=O)c2sc(CNCC[C@@H](O)c3ccccn3)c(CN=[N+]=[N-])c21. The van der Waals surface area contributed by atoms with E-state index in [4.69, 9.17) is 17.1 Å². The van der Waals surface area contributed by atoms with E-state index in [9.17, 15) is 14.7 Å². The van der Waals surface area contributed by atoms with E-state index in [0.717, 1.165) is 16.0 Å². The van der Waals surface area contributed by atoms with Crippen molar-refractivity contribution in [2.45, 2.75) is 32.2 Å². The molecule has 0 fully saturated rings. The number of rotatable bonds is 11. The van der Waals surface area contributed by atoms with Gasteiger partial charge in [-0.25, -0.2) is 0 Å². The van der Waals surface area contributed by atoms with Gasteiger partial charge in [0.05, 0.1) is 28.6 Å². The van der Waals surface area contributed by atoms with Gasteiger partial charge in [-0.1, -0.05) is 34.9 Å². The minimum Gasteiger partial charge on any atom is -0.387 e. The fraction of sp³-hybridized carbons (Fsp3) is 0.269. The zero-order chi connectivity index (χ0) is 27.1. The number of pyridine rings is 2. The minimum atomic E-state index is -0.700. The molecule has 3 aromatic heterocycles. The third kappa shape index (κ3) is 6.39. The summed E-state index contributed by atoms with van der Waals surface area (Å²) in [6.45, 7) is 1.23. The summed E-state index contributed by atoms with van der Waals surface area (Å²) < 4.78 is 2.14. The van der Waals surface area contributed by atoms with Crippen molar-refractivity contribution in [2.75, 3.05) is 6.54 Å². The molecule has 0 spiro atoms. The molecular formula is C26H26ClN7O3S. The van der Waals surface area contributed by atoms with E-state index in [0.29, 0.717) is 40.4 Å². The average Bonchev–Trinajstić information content (AvgIpc) is 3.30. The van der Waals surface area contributed by atoms with Crippen molar-refractivity contribution in [1.82, 2.24) is 20.2 Å². The Balaban J connectivity index is 1.53. The number of azide groups is 1. The highest BCUT2D eigenvalue weighted by molar-refractivity contribution is 7.19. The summed E-state index contributed by atoms with van der Waals surface area (Å²) in [6.07, 6.45) is 2.90. The second-order valence-electron chi connectivity index (χ2n) is 8.60. The topological polar surface area (TPSA) is 145 Å². The maximum absolute atomic E-state index is 13.3. The minimum absolute atomic E-state index is 0.0311. The molecule has 0 radical (unpaired) electrons. The molecule has 1 amide bonds. The molecule has 4 aromatic rings. The van der Waals surface area contributed by atoms with Gasteiger partial charge in [0.1, 0.15) is 5.56 Å². The fourth-order valence-corrected chi connectivity index (χ4v) is 5.48. The summed E-state index contributed by atoms with van der Waals surface area (Å²) in [5.74, 6) is -0.476. The fourth-order valence-electron chi connectivity index (χ4n) is 4.08. The third-order valence-electron chi connectivity index (χ3n) is 6.00. The summed E-state index contributed by atoms with van der Waals surface area (Å²) in [5.41, 5.74) is 11.4. The van der Waals surface area contributed by atoms with Crippen LogP contribution in [-0.4, -0.2) is 27.1 Å². The molecule has 1 aromatic carbocycles. The molecule has 3 heterocycles. The number of hydrogen-bond acceptors (Lipinski definition) is 7. The zero-order valence-corrected chi connectivity index (χ0v) is 22.2. The molecule has 0 saturated heterocycles. The first-order valence-corrected chi connectivity index (χ1v) is 13.1. The number of nitrogens with one attached hydrogen (secondary N) is 2. The van der Waals surface area contributed by atoms with Crippen LogP contribution in [-0.2, 0) is 26.7 Å². The highest BCUT2D eigenvalue weighted by Crippen LogP contribution is 2.30. The molecule has 1 atom stereocenters. The Hall–Kier alpha value is -3.73. The summed E-state index contributed by atoms with van der Waals surface area (Å²) in [6, 6.07) is 12.5. The lowest BCUT2D eigenvalue weighted by atomic mass is 10.1. The predicted molar refractivity (Wildman–Crippen MR) is 148 cm³/mol. The number of halogens is 1. The number of aliphatic hydroxyl groups is 1. The van der Waals surface area contributed by atoms with Gasteiger partial charge >= 0.3 is 0 Å². The van der Waals surface area contributed by atoms with E-state index in [1.54, 1.807) is 54.2 Å². The lowest BCUT2D eigenvalue weighted by molar-refractivity contribution is 0.0949. The predicted octanol–water partition coefficient (Wildman–Crippen LogP) is 4.60. The Bertz CT molecular complexity index is 1530. The Morgan fingerprint density at radius 3 is 2.76 bits per heavy atom. The Kier molecular flexibility index (Phi) is 9.11. The lowest BCUT2D eigenvalue weighted by Crippen LogP contribution is -2.29. The number of aromatic nitrogens is 2. The molecule has 0 aliphatic heterocycles. The molecule has 0 unspecified atom stereocenters. The second-order valence-corrected chi connectivity index (χ2v) is 10.1. The van der Waals surface area contributed by atoms with Gasteiger partial charge in [0.15, 0.2) is 0 Å². The first-order valence-electron chi connectivity index (χ1n) is 11.9. The van der Waals surface area contributed by atoms with Crippen LogP contribution in [0.1, 0.15) is 44.6 Å². The lowest BCUT2D eigenvalue weighted by Gasteiger charge is -2.11. The molecule has 196 valence electrons. The molecule has 10 nitrogen and oxygen atoms in total. The number of benzene rings is 1. The normalized spacial score (nSPS) is 11.8. The summed E-state index contributed by atoms with van der Waals surface area (Å²) in [4.78, 5) is 34.1. The standard InChI is InChI=1S/C26H26ClN7O3S/c1-34-15-19(26(37)31-12-16-5-7-17(27)8-6-16)24(36)25-23(34)18(13-32-33-28)22(38-25)14-29-11-9-21(35)20-4-2-3-10-30-20/h2-8,10,15,21,29,35H,9,11-14H2,1H3,(H,31,37)/t21-/m1/s1. The van der Waals surface area contributed by atoms with Gasteiger partial charge in [0, 0.05) is 47.3 Å². The smallest absolute Gasteiger partial charge is 0.257 e. The van der Waals surface area contributed by atoms with Gasteiger partial charge in [-0.05, 0) is 53.9 Å². The number of amides is 1. The number of fused-ring (bicyclic) bond motifs is 1. The van der Waals surface area contributed by atoms with E-state index < -0.39 is 12.0 Å². The zero-order valence-electron chi connectivity index (χ0n) is 20.6. The molecule has 4 rings (SSSR count). The van der Waals surface area contributed by atoms with Gasteiger partial charge in [-0.2, -0.15) is 0 Å². The quantitative estimate of drug-likeness (QED) is 0.108. The number of carbonyl (C=O) groups excluding carboxylic acids is 1. The van der Waals surface area contributed by atoms with Gasteiger partial charge < -0.3 is 20.3 Å². The number of hydrogen-bond donors (Lipinski definition) is 3. The average molecular weight is 552 g/mol. The maximum atomic E-state index is 13.3. The molecular weight excluding hydrogens is 526 g/mol. The van der Waals surface area contributed by atoms with Crippen LogP contribution in [0.4, 0.5) is 0 Å². The van der Waals surface area contributed by atoms with Crippen molar-refractivity contribution in [3.8, 4) is 0 Å². The van der Waals surface area contributed by atoms with Crippen molar-refractivity contribution in [1.29, 1.82) is 0 Å². The summed E-state index contributed by atoms with van der Waals surface area (Å²) in [5, 5.41) is 20.7. The Labute approximate surface area is 227 Å². The van der Waals surface area contributed by atoms with Crippen molar-refractivity contribution in [3.63, 3.8) is 0 Å². The highest BCUT2D eigenvalue weighted by atomic mass is 35.5. The van der Waals surface area contributed by atoms with Crippen LogP contribution in [0.2, 0.25) is 5.02 Å². The van der Waals surface area contributed by atoms with E-state index >= 15 is 0 Å². The molecule has 38 heavy (non-hydrogen) atoms.